The van der Waals surface area contributed by atoms with E-state index in [4.69, 9.17) is 14.2 Å². The Hall–Kier alpha value is -1.46. The molecule has 0 aliphatic carbocycles. The molecular formula is C14H21NO4. The molecule has 19 heavy (non-hydrogen) atoms. The van der Waals surface area contributed by atoms with Gasteiger partial charge in [0.1, 0.15) is 5.75 Å². The van der Waals surface area contributed by atoms with Crippen LogP contribution in [0.4, 0.5) is 0 Å². The van der Waals surface area contributed by atoms with Crippen LogP contribution in [0.5, 0.6) is 17.2 Å². The van der Waals surface area contributed by atoms with Crippen LogP contribution in [-0.2, 0) is 0 Å². The number of hydrogen-bond acceptors (Lipinski definition) is 5. The topological polar surface area (TPSA) is 60.0 Å². The van der Waals surface area contributed by atoms with Crippen molar-refractivity contribution in [3.05, 3.63) is 16.7 Å². The van der Waals surface area contributed by atoms with E-state index in [-0.39, 0.29) is 6.04 Å². The molecule has 0 radical (unpaired) electrons. The molecule has 1 aliphatic heterocycles. The lowest BCUT2D eigenvalue weighted by Crippen LogP contribution is -2.32. The quantitative estimate of drug-likeness (QED) is 0.873. The molecule has 106 valence electrons. The molecule has 2 N–H and O–H groups in total. The summed E-state index contributed by atoms with van der Waals surface area (Å²) >= 11 is 0. The minimum atomic E-state index is -0.611. The van der Waals surface area contributed by atoms with Crippen molar-refractivity contribution in [1.29, 1.82) is 0 Å². The van der Waals surface area contributed by atoms with Crippen LogP contribution in [0.1, 0.15) is 35.8 Å². The van der Waals surface area contributed by atoms with Crippen molar-refractivity contribution in [1.82, 2.24) is 5.32 Å². The van der Waals surface area contributed by atoms with Gasteiger partial charge in [0.2, 0.25) is 0 Å². The molecule has 0 amide bonds. The second-order valence-electron chi connectivity index (χ2n) is 4.70. The van der Waals surface area contributed by atoms with E-state index in [9.17, 15) is 5.11 Å². The number of aliphatic hydroxyl groups is 1. The van der Waals surface area contributed by atoms with Gasteiger partial charge < -0.3 is 24.6 Å². The lowest BCUT2D eigenvalue weighted by Gasteiger charge is -2.32. The summed E-state index contributed by atoms with van der Waals surface area (Å²) in [6.07, 6.45) is -0.611. The normalized spacial score (nSPS) is 21.8. The summed E-state index contributed by atoms with van der Waals surface area (Å²) in [4.78, 5) is 0. The molecule has 2 atom stereocenters. The third kappa shape index (κ3) is 2.03. The van der Waals surface area contributed by atoms with Crippen LogP contribution >= 0.6 is 0 Å². The largest absolute Gasteiger partial charge is 0.496 e. The fourth-order valence-electron chi connectivity index (χ4n) is 2.81. The zero-order chi connectivity index (χ0) is 14.2. The maximum atomic E-state index is 10.3. The molecule has 1 aromatic carbocycles. The number of aliphatic hydroxyl groups excluding tert-OH is 1. The Labute approximate surface area is 113 Å². The Kier molecular flexibility index (Phi) is 3.87. The van der Waals surface area contributed by atoms with E-state index in [0.29, 0.717) is 23.8 Å². The average molecular weight is 267 g/mol. The van der Waals surface area contributed by atoms with Crippen LogP contribution in [0.15, 0.2) is 0 Å². The Bertz CT molecular complexity index is 487. The summed E-state index contributed by atoms with van der Waals surface area (Å²) in [7, 11) is 4.82. The van der Waals surface area contributed by atoms with Crippen molar-refractivity contribution in [2.24, 2.45) is 0 Å². The van der Waals surface area contributed by atoms with Crippen molar-refractivity contribution in [3.8, 4) is 17.2 Å². The standard InChI is InChI=1S/C14H21NO4/c1-7-12(17-3)11-9(16)6-15-8(2)10(11)14(19-5)13(7)18-4/h8-9,15-16H,6H2,1-5H3/t8-,9?/m0/s1. The molecule has 5 nitrogen and oxygen atoms in total. The molecule has 1 unspecified atom stereocenters. The summed E-state index contributed by atoms with van der Waals surface area (Å²) in [6.45, 7) is 4.43. The molecule has 0 saturated carbocycles. The fraction of sp³-hybridized carbons (Fsp3) is 0.571. The van der Waals surface area contributed by atoms with Crippen LogP contribution < -0.4 is 19.5 Å². The smallest absolute Gasteiger partial charge is 0.167 e. The predicted molar refractivity (Wildman–Crippen MR) is 72.2 cm³/mol. The van der Waals surface area contributed by atoms with Gasteiger partial charge in [0.25, 0.3) is 0 Å². The van der Waals surface area contributed by atoms with E-state index in [2.05, 4.69) is 5.32 Å². The van der Waals surface area contributed by atoms with Gasteiger partial charge in [-0.15, -0.1) is 0 Å². The highest BCUT2D eigenvalue weighted by Crippen LogP contribution is 2.49. The Morgan fingerprint density at radius 3 is 2.11 bits per heavy atom. The number of benzene rings is 1. The summed E-state index contributed by atoms with van der Waals surface area (Å²) in [6, 6.07) is 0.0664. The fourth-order valence-corrected chi connectivity index (χ4v) is 2.81. The van der Waals surface area contributed by atoms with Gasteiger partial charge in [-0.1, -0.05) is 0 Å². The summed E-state index contributed by atoms with van der Waals surface area (Å²) in [5.41, 5.74) is 2.54. The molecular weight excluding hydrogens is 246 g/mol. The first kappa shape index (κ1) is 14.0. The van der Waals surface area contributed by atoms with E-state index >= 15 is 0 Å². The molecule has 5 heteroatoms. The first-order valence-corrected chi connectivity index (χ1v) is 6.30. The van der Waals surface area contributed by atoms with Crippen molar-refractivity contribution in [2.45, 2.75) is 26.0 Å². The van der Waals surface area contributed by atoms with Crippen molar-refractivity contribution < 1.29 is 19.3 Å². The van der Waals surface area contributed by atoms with E-state index < -0.39 is 6.10 Å². The number of hydrogen-bond donors (Lipinski definition) is 2. The number of nitrogens with one attached hydrogen (secondary N) is 1. The number of fused-ring (bicyclic) bond motifs is 1. The third-order valence-electron chi connectivity index (χ3n) is 3.66. The zero-order valence-electron chi connectivity index (χ0n) is 12.0. The molecule has 0 spiro atoms. The summed E-state index contributed by atoms with van der Waals surface area (Å²) in [5.74, 6) is 1.99. The number of ether oxygens (including phenoxy) is 3. The number of β-amino-alcohol motifs (C(OH)–C–C–N with tert-alkyl or cyclic N) is 1. The van der Waals surface area contributed by atoms with Gasteiger partial charge in [-0.25, -0.2) is 0 Å². The lowest BCUT2D eigenvalue weighted by molar-refractivity contribution is 0.152. The zero-order valence-corrected chi connectivity index (χ0v) is 12.0. The van der Waals surface area contributed by atoms with Crippen LogP contribution in [0.2, 0.25) is 0 Å². The first-order valence-electron chi connectivity index (χ1n) is 6.30. The van der Waals surface area contributed by atoms with Gasteiger partial charge in [0, 0.05) is 29.3 Å². The number of methoxy groups -OCH3 is 3. The van der Waals surface area contributed by atoms with Crippen LogP contribution in [0, 0.1) is 6.92 Å². The van der Waals surface area contributed by atoms with Crippen LogP contribution in [0.25, 0.3) is 0 Å². The Morgan fingerprint density at radius 1 is 1.00 bits per heavy atom. The van der Waals surface area contributed by atoms with Gasteiger partial charge in [-0.2, -0.15) is 0 Å². The van der Waals surface area contributed by atoms with E-state index in [1.165, 1.54) is 0 Å². The molecule has 0 bridgehead atoms. The Morgan fingerprint density at radius 2 is 1.58 bits per heavy atom. The van der Waals surface area contributed by atoms with Crippen molar-refractivity contribution in [3.63, 3.8) is 0 Å². The minimum Gasteiger partial charge on any atom is -0.496 e. The maximum absolute atomic E-state index is 10.3. The second kappa shape index (κ2) is 5.27. The van der Waals surface area contributed by atoms with Crippen LogP contribution in [-0.4, -0.2) is 33.0 Å². The monoisotopic (exact) mass is 267 g/mol. The van der Waals surface area contributed by atoms with Crippen molar-refractivity contribution >= 4 is 0 Å². The Balaban J connectivity index is 2.83. The molecule has 2 rings (SSSR count). The molecule has 0 aromatic heterocycles. The van der Waals surface area contributed by atoms with Gasteiger partial charge in [0.15, 0.2) is 11.5 Å². The molecule has 0 fully saturated rings. The van der Waals surface area contributed by atoms with Gasteiger partial charge in [-0.05, 0) is 13.8 Å². The van der Waals surface area contributed by atoms with Gasteiger partial charge >= 0.3 is 0 Å². The molecule has 1 aliphatic rings. The van der Waals surface area contributed by atoms with E-state index in [0.717, 1.165) is 16.7 Å². The van der Waals surface area contributed by atoms with Gasteiger partial charge in [-0.3, -0.25) is 0 Å². The van der Waals surface area contributed by atoms with Crippen LogP contribution in [0.3, 0.4) is 0 Å². The first-order chi connectivity index (χ1) is 9.06. The average Bonchev–Trinajstić information content (AvgIpc) is 2.41. The predicted octanol–water partition coefficient (Wildman–Crippen LogP) is 1.72. The lowest BCUT2D eigenvalue weighted by atomic mass is 9.89. The maximum Gasteiger partial charge on any atom is 0.167 e. The van der Waals surface area contributed by atoms with E-state index in [1.54, 1.807) is 21.3 Å². The summed E-state index contributed by atoms with van der Waals surface area (Å²) in [5, 5.41) is 13.5. The second-order valence-corrected chi connectivity index (χ2v) is 4.70. The molecule has 1 aromatic rings. The minimum absolute atomic E-state index is 0.0664. The van der Waals surface area contributed by atoms with E-state index in [1.807, 2.05) is 13.8 Å². The molecule has 1 heterocycles. The molecule has 0 saturated heterocycles. The highest BCUT2D eigenvalue weighted by atomic mass is 16.5. The third-order valence-corrected chi connectivity index (χ3v) is 3.66. The summed E-state index contributed by atoms with van der Waals surface area (Å²) < 4.78 is 16.4. The number of rotatable bonds is 3. The van der Waals surface area contributed by atoms with Crippen molar-refractivity contribution in [2.75, 3.05) is 27.9 Å². The highest BCUT2D eigenvalue weighted by molar-refractivity contribution is 5.64. The SMILES string of the molecule is COc1c(C)c(OC)c2c(c1OC)[C@H](C)NCC2O. The highest BCUT2D eigenvalue weighted by Gasteiger charge is 2.33. The van der Waals surface area contributed by atoms with Gasteiger partial charge in [0.05, 0.1) is 27.4 Å².